The van der Waals surface area contributed by atoms with Crippen molar-refractivity contribution in [2.45, 2.75) is 0 Å². The second kappa shape index (κ2) is 11.5. The van der Waals surface area contributed by atoms with Crippen molar-refractivity contribution in [2.75, 3.05) is 4.90 Å². The molecule has 234 valence electrons. The molecular weight excluding hydrogens is 605 g/mol. The van der Waals surface area contributed by atoms with Crippen molar-refractivity contribution in [3.8, 4) is 16.8 Å². The zero-order chi connectivity index (χ0) is 33.0. The standard InChI is InChI=1S/C48H32N2/c1-2-13-38(14-3-1)49(41-30-27-35-22-24-36-23-21-34-11-4-5-16-42(34)48(36)45(35)32-41)39-28-25-33(26-29-39)37-12-10-15-40(31-37)50-46-19-8-6-17-43(46)44-18-7-9-20-47(44)50/h1-32H. The summed E-state index contributed by atoms with van der Waals surface area (Å²) >= 11 is 0. The quantitative estimate of drug-likeness (QED) is 0.171. The normalized spacial score (nSPS) is 11.6. The first kappa shape index (κ1) is 28.4. The van der Waals surface area contributed by atoms with Crippen LogP contribution in [0.3, 0.4) is 0 Å². The average molecular weight is 637 g/mol. The summed E-state index contributed by atoms with van der Waals surface area (Å²) in [5.74, 6) is 0. The van der Waals surface area contributed by atoms with Gasteiger partial charge in [-0.2, -0.15) is 0 Å². The first-order valence-corrected chi connectivity index (χ1v) is 17.2. The van der Waals surface area contributed by atoms with Crippen molar-refractivity contribution >= 4 is 71.2 Å². The predicted octanol–water partition coefficient (Wildman–Crippen LogP) is 13.4. The Bertz CT molecular complexity index is 2810. The minimum atomic E-state index is 1.11. The molecule has 0 bridgehead atoms. The van der Waals surface area contributed by atoms with Gasteiger partial charge in [0.25, 0.3) is 0 Å². The van der Waals surface area contributed by atoms with E-state index in [4.69, 9.17) is 0 Å². The maximum atomic E-state index is 2.38. The lowest BCUT2D eigenvalue weighted by atomic mass is 9.96. The highest BCUT2D eigenvalue weighted by Crippen LogP contribution is 2.40. The van der Waals surface area contributed by atoms with Crippen molar-refractivity contribution in [1.29, 1.82) is 0 Å². The van der Waals surface area contributed by atoms with Gasteiger partial charge in [-0.15, -0.1) is 0 Å². The summed E-state index contributed by atoms with van der Waals surface area (Å²) in [6, 6.07) is 70.4. The number of anilines is 3. The van der Waals surface area contributed by atoms with E-state index in [9.17, 15) is 0 Å². The first-order valence-electron chi connectivity index (χ1n) is 17.2. The summed E-state index contributed by atoms with van der Waals surface area (Å²) in [4.78, 5) is 2.36. The number of fused-ring (bicyclic) bond motifs is 8. The van der Waals surface area contributed by atoms with E-state index in [2.05, 4.69) is 204 Å². The molecule has 9 aromatic carbocycles. The fourth-order valence-corrected chi connectivity index (χ4v) is 7.81. The van der Waals surface area contributed by atoms with Gasteiger partial charge >= 0.3 is 0 Å². The van der Waals surface area contributed by atoms with Crippen LogP contribution in [-0.4, -0.2) is 4.57 Å². The highest BCUT2D eigenvalue weighted by atomic mass is 15.1. The van der Waals surface area contributed by atoms with Gasteiger partial charge in [-0.25, -0.2) is 0 Å². The summed E-state index contributed by atoms with van der Waals surface area (Å²) in [6.07, 6.45) is 0. The molecule has 0 aliphatic heterocycles. The van der Waals surface area contributed by atoms with Crippen LogP contribution in [0.2, 0.25) is 0 Å². The molecule has 2 heteroatoms. The molecule has 0 radical (unpaired) electrons. The Balaban J connectivity index is 1.09. The molecule has 10 aromatic rings. The smallest absolute Gasteiger partial charge is 0.0541 e. The number of benzene rings is 9. The predicted molar refractivity (Wildman–Crippen MR) is 213 cm³/mol. The Labute approximate surface area is 290 Å². The molecule has 0 fully saturated rings. The van der Waals surface area contributed by atoms with Crippen LogP contribution in [0.15, 0.2) is 194 Å². The Morgan fingerprint density at radius 1 is 0.320 bits per heavy atom. The Morgan fingerprint density at radius 3 is 1.62 bits per heavy atom. The van der Waals surface area contributed by atoms with Gasteiger partial charge in [0.1, 0.15) is 0 Å². The van der Waals surface area contributed by atoms with Crippen LogP contribution < -0.4 is 4.90 Å². The van der Waals surface area contributed by atoms with E-state index in [0.717, 1.165) is 22.7 Å². The molecule has 0 aliphatic carbocycles. The van der Waals surface area contributed by atoms with Crippen LogP contribution in [0.4, 0.5) is 17.1 Å². The molecular formula is C48H32N2. The van der Waals surface area contributed by atoms with E-state index in [-0.39, 0.29) is 0 Å². The van der Waals surface area contributed by atoms with E-state index in [0.29, 0.717) is 0 Å². The topological polar surface area (TPSA) is 8.17 Å². The zero-order valence-electron chi connectivity index (χ0n) is 27.4. The van der Waals surface area contributed by atoms with Gasteiger partial charge in [-0.05, 0) is 104 Å². The molecule has 1 aromatic heterocycles. The second-order valence-electron chi connectivity index (χ2n) is 13.0. The van der Waals surface area contributed by atoms with E-state index >= 15 is 0 Å². The van der Waals surface area contributed by atoms with Gasteiger partial charge in [0.05, 0.1) is 11.0 Å². The molecule has 0 atom stereocenters. The summed E-state index contributed by atoms with van der Waals surface area (Å²) < 4.78 is 2.38. The maximum Gasteiger partial charge on any atom is 0.0541 e. The summed E-state index contributed by atoms with van der Waals surface area (Å²) in [5, 5.41) is 10.1. The summed E-state index contributed by atoms with van der Waals surface area (Å²) in [5.41, 5.74) is 9.33. The summed E-state index contributed by atoms with van der Waals surface area (Å²) in [6.45, 7) is 0. The van der Waals surface area contributed by atoms with E-state index in [1.54, 1.807) is 0 Å². The third-order valence-electron chi connectivity index (χ3n) is 10.1. The molecule has 50 heavy (non-hydrogen) atoms. The van der Waals surface area contributed by atoms with Crippen molar-refractivity contribution in [3.05, 3.63) is 194 Å². The molecule has 10 rings (SSSR count). The Morgan fingerprint density at radius 2 is 0.880 bits per heavy atom. The molecule has 0 aliphatic rings. The molecule has 0 spiro atoms. The minimum Gasteiger partial charge on any atom is -0.310 e. The zero-order valence-corrected chi connectivity index (χ0v) is 27.4. The molecule has 0 saturated heterocycles. The van der Waals surface area contributed by atoms with Gasteiger partial charge < -0.3 is 9.47 Å². The van der Waals surface area contributed by atoms with Crippen molar-refractivity contribution in [2.24, 2.45) is 0 Å². The monoisotopic (exact) mass is 636 g/mol. The molecule has 0 amide bonds. The number of hydrogen-bond acceptors (Lipinski definition) is 1. The fourth-order valence-electron chi connectivity index (χ4n) is 7.81. The Kier molecular flexibility index (Phi) is 6.53. The summed E-state index contributed by atoms with van der Waals surface area (Å²) in [7, 11) is 0. The molecule has 0 N–H and O–H groups in total. The third kappa shape index (κ3) is 4.57. The highest BCUT2D eigenvalue weighted by molar-refractivity contribution is 6.20. The van der Waals surface area contributed by atoms with Gasteiger partial charge in [0.15, 0.2) is 0 Å². The van der Waals surface area contributed by atoms with E-state index in [1.165, 1.54) is 65.3 Å². The highest BCUT2D eigenvalue weighted by Gasteiger charge is 2.16. The lowest BCUT2D eigenvalue weighted by Crippen LogP contribution is -2.09. The number of para-hydroxylation sites is 3. The molecule has 1 heterocycles. The van der Waals surface area contributed by atoms with Gasteiger partial charge in [-0.3, -0.25) is 0 Å². The van der Waals surface area contributed by atoms with Crippen molar-refractivity contribution < 1.29 is 0 Å². The average Bonchev–Trinajstić information content (AvgIpc) is 3.53. The molecule has 0 unspecified atom stereocenters. The number of hydrogen-bond donors (Lipinski definition) is 0. The first-order chi connectivity index (χ1) is 24.8. The minimum absolute atomic E-state index is 1.11. The number of nitrogens with zero attached hydrogens (tertiary/aromatic N) is 2. The van der Waals surface area contributed by atoms with E-state index in [1.807, 2.05) is 0 Å². The number of aromatic nitrogens is 1. The Hall–Kier alpha value is -6.64. The molecule has 0 saturated carbocycles. The van der Waals surface area contributed by atoms with Crippen molar-refractivity contribution in [3.63, 3.8) is 0 Å². The lowest BCUT2D eigenvalue weighted by molar-refractivity contribution is 1.18. The van der Waals surface area contributed by atoms with Crippen LogP contribution in [-0.2, 0) is 0 Å². The second-order valence-corrected chi connectivity index (χ2v) is 13.0. The van der Waals surface area contributed by atoms with Gasteiger partial charge in [0, 0.05) is 33.5 Å². The molecule has 2 nitrogen and oxygen atoms in total. The third-order valence-corrected chi connectivity index (χ3v) is 10.1. The lowest BCUT2D eigenvalue weighted by Gasteiger charge is -2.26. The van der Waals surface area contributed by atoms with Crippen LogP contribution in [0, 0.1) is 0 Å². The van der Waals surface area contributed by atoms with Crippen molar-refractivity contribution in [1.82, 2.24) is 4.57 Å². The van der Waals surface area contributed by atoms with Crippen LogP contribution in [0.5, 0.6) is 0 Å². The number of rotatable bonds is 5. The van der Waals surface area contributed by atoms with E-state index < -0.39 is 0 Å². The van der Waals surface area contributed by atoms with Crippen LogP contribution in [0.1, 0.15) is 0 Å². The largest absolute Gasteiger partial charge is 0.310 e. The van der Waals surface area contributed by atoms with Gasteiger partial charge in [-0.1, -0.05) is 133 Å². The maximum absolute atomic E-state index is 2.38. The van der Waals surface area contributed by atoms with Gasteiger partial charge in [0.2, 0.25) is 0 Å². The fraction of sp³-hybridized carbons (Fsp3) is 0. The van der Waals surface area contributed by atoms with Crippen LogP contribution in [0.25, 0.3) is 70.9 Å². The SMILES string of the molecule is c1ccc(N(c2ccc(-c3cccc(-n4c5ccccc5c5ccccc54)c3)cc2)c2ccc3ccc4ccc5ccccc5c4c3c2)cc1. The van der Waals surface area contributed by atoms with Crippen LogP contribution >= 0.6 is 0 Å².